The molecule has 5 heteroatoms. The maximum atomic E-state index is 10.2. The molecule has 0 unspecified atom stereocenters. The third-order valence-corrected chi connectivity index (χ3v) is 4.79. The maximum absolute atomic E-state index is 10.2. The standard InChI is InChI=1S/C16H25ClN2O2/c1-18(2)16(6-5-7-16)11-19(3)10-12-8-13(17)9-14(21-4)15(12)20/h8-9,20H,5-7,10-11H2,1-4H3. The maximum Gasteiger partial charge on any atom is 0.162 e. The molecular weight excluding hydrogens is 288 g/mol. The Bertz CT molecular complexity index is 501. The Kier molecular flexibility index (Phi) is 5.02. The van der Waals surface area contributed by atoms with E-state index in [2.05, 4.69) is 30.9 Å². The fraction of sp³-hybridized carbons (Fsp3) is 0.625. The van der Waals surface area contributed by atoms with Gasteiger partial charge in [0.05, 0.1) is 7.11 Å². The van der Waals surface area contributed by atoms with Gasteiger partial charge in [-0.3, -0.25) is 0 Å². The normalized spacial score (nSPS) is 17.1. The number of nitrogens with zero attached hydrogens (tertiary/aromatic N) is 2. The summed E-state index contributed by atoms with van der Waals surface area (Å²) in [6.45, 7) is 1.63. The first-order valence-corrected chi connectivity index (χ1v) is 7.67. The van der Waals surface area contributed by atoms with Gasteiger partial charge < -0.3 is 19.6 Å². The largest absolute Gasteiger partial charge is 0.504 e. The van der Waals surface area contributed by atoms with Crippen LogP contribution in [0.4, 0.5) is 0 Å². The molecule has 4 nitrogen and oxygen atoms in total. The number of ether oxygens (including phenoxy) is 1. The number of hydrogen-bond acceptors (Lipinski definition) is 4. The Morgan fingerprint density at radius 2 is 1.95 bits per heavy atom. The summed E-state index contributed by atoms with van der Waals surface area (Å²) in [6, 6.07) is 3.44. The van der Waals surface area contributed by atoms with Gasteiger partial charge in [0.2, 0.25) is 0 Å². The minimum atomic E-state index is 0.182. The van der Waals surface area contributed by atoms with Crippen molar-refractivity contribution in [2.75, 3.05) is 34.8 Å². The molecule has 0 atom stereocenters. The van der Waals surface area contributed by atoms with E-state index >= 15 is 0 Å². The Morgan fingerprint density at radius 3 is 2.43 bits per heavy atom. The van der Waals surface area contributed by atoms with Crippen LogP contribution in [0.25, 0.3) is 0 Å². The van der Waals surface area contributed by atoms with Crippen molar-refractivity contribution >= 4 is 11.6 Å². The highest BCUT2D eigenvalue weighted by Crippen LogP contribution is 2.38. The first kappa shape index (κ1) is 16.4. The van der Waals surface area contributed by atoms with E-state index in [-0.39, 0.29) is 11.3 Å². The summed E-state index contributed by atoms with van der Waals surface area (Å²) in [5.41, 5.74) is 1.07. The molecule has 1 aliphatic rings. The number of phenols is 1. The van der Waals surface area contributed by atoms with Crippen LogP contribution in [-0.2, 0) is 6.54 Å². The summed E-state index contributed by atoms with van der Waals surface area (Å²) < 4.78 is 5.16. The van der Waals surface area contributed by atoms with Crippen molar-refractivity contribution in [1.29, 1.82) is 0 Å². The van der Waals surface area contributed by atoms with E-state index in [0.717, 1.165) is 12.1 Å². The molecule has 0 saturated heterocycles. The van der Waals surface area contributed by atoms with Gasteiger partial charge in [-0.15, -0.1) is 0 Å². The fourth-order valence-corrected chi connectivity index (χ4v) is 3.32. The highest BCUT2D eigenvalue weighted by atomic mass is 35.5. The van der Waals surface area contributed by atoms with E-state index in [0.29, 0.717) is 17.3 Å². The second-order valence-electron chi connectivity index (χ2n) is 6.26. The Balaban J connectivity index is 2.09. The zero-order chi connectivity index (χ0) is 15.6. The predicted octanol–water partition coefficient (Wildman–Crippen LogP) is 2.97. The molecule has 0 heterocycles. The number of likely N-dealkylation sites (N-methyl/N-ethyl adjacent to an activating group) is 2. The van der Waals surface area contributed by atoms with Crippen molar-refractivity contribution in [3.63, 3.8) is 0 Å². The third kappa shape index (κ3) is 3.44. The zero-order valence-corrected chi connectivity index (χ0v) is 14.1. The molecule has 1 saturated carbocycles. The van der Waals surface area contributed by atoms with E-state index < -0.39 is 0 Å². The van der Waals surface area contributed by atoms with Crippen LogP contribution in [0.3, 0.4) is 0 Å². The molecule has 0 bridgehead atoms. The molecule has 1 aromatic carbocycles. The van der Waals surface area contributed by atoms with Crippen molar-refractivity contribution in [2.45, 2.75) is 31.3 Å². The summed E-state index contributed by atoms with van der Waals surface area (Å²) in [6.07, 6.45) is 3.76. The zero-order valence-electron chi connectivity index (χ0n) is 13.3. The molecule has 118 valence electrons. The summed E-state index contributed by atoms with van der Waals surface area (Å²) in [5.74, 6) is 0.609. The molecule has 0 amide bonds. The summed E-state index contributed by atoms with van der Waals surface area (Å²) in [7, 11) is 7.91. The van der Waals surface area contributed by atoms with Gasteiger partial charge in [-0.1, -0.05) is 11.6 Å². The molecule has 1 N–H and O–H groups in total. The van der Waals surface area contributed by atoms with Crippen molar-refractivity contribution in [3.05, 3.63) is 22.7 Å². The van der Waals surface area contributed by atoms with Crippen LogP contribution >= 0.6 is 11.6 Å². The topological polar surface area (TPSA) is 35.9 Å². The number of benzene rings is 1. The van der Waals surface area contributed by atoms with Crippen molar-refractivity contribution in [1.82, 2.24) is 9.80 Å². The minimum absolute atomic E-state index is 0.182. The van der Waals surface area contributed by atoms with Crippen LogP contribution in [0.15, 0.2) is 12.1 Å². The summed E-state index contributed by atoms with van der Waals surface area (Å²) >= 11 is 6.09. The second kappa shape index (κ2) is 6.42. The first-order chi connectivity index (χ1) is 9.88. The van der Waals surface area contributed by atoms with E-state index in [9.17, 15) is 5.11 Å². The number of hydrogen-bond donors (Lipinski definition) is 1. The van der Waals surface area contributed by atoms with Gasteiger partial charge in [-0.05, 0) is 46.5 Å². The SMILES string of the molecule is COc1cc(Cl)cc(CN(C)CC2(N(C)C)CCC2)c1O. The van der Waals surface area contributed by atoms with Crippen molar-refractivity contribution in [2.24, 2.45) is 0 Å². The smallest absolute Gasteiger partial charge is 0.162 e. The monoisotopic (exact) mass is 312 g/mol. The molecule has 0 spiro atoms. The van der Waals surface area contributed by atoms with Gasteiger partial charge >= 0.3 is 0 Å². The van der Waals surface area contributed by atoms with Crippen LogP contribution in [0.5, 0.6) is 11.5 Å². The number of phenolic OH excluding ortho intramolecular Hbond substituents is 1. The molecular formula is C16H25ClN2O2. The third-order valence-electron chi connectivity index (χ3n) is 4.58. The van der Waals surface area contributed by atoms with Gasteiger partial charge in [0.25, 0.3) is 0 Å². The fourth-order valence-electron chi connectivity index (χ4n) is 3.09. The summed E-state index contributed by atoms with van der Waals surface area (Å²) in [4.78, 5) is 4.56. The van der Waals surface area contributed by atoms with Gasteiger partial charge in [0.1, 0.15) is 0 Å². The van der Waals surface area contributed by atoms with Crippen molar-refractivity contribution in [3.8, 4) is 11.5 Å². The molecule has 1 aromatic rings. The molecule has 0 aliphatic heterocycles. The highest BCUT2D eigenvalue weighted by molar-refractivity contribution is 6.30. The molecule has 1 aliphatic carbocycles. The number of rotatable bonds is 6. The van der Waals surface area contributed by atoms with Crippen molar-refractivity contribution < 1.29 is 9.84 Å². The second-order valence-corrected chi connectivity index (χ2v) is 6.70. The van der Waals surface area contributed by atoms with E-state index in [4.69, 9.17) is 16.3 Å². The molecule has 1 fully saturated rings. The van der Waals surface area contributed by atoms with Crippen LogP contribution in [0.2, 0.25) is 5.02 Å². The average molecular weight is 313 g/mol. The van der Waals surface area contributed by atoms with Crippen LogP contribution in [-0.4, -0.2) is 55.2 Å². The quantitative estimate of drug-likeness (QED) is 0.876. The van der Waals surface area contributed by atoms with Gasteiger partial charge in [-0.25, -0.2) is 0 Å². The number of aromatic hydroxyl groups is 1. The number of halogens is 1. The lowest BCUT2D eigenvalue weighted by molar-refractivity contribution is 0.0257. The van der Waals surface area contributed by atoms with E-state index in [1.54, 1.807) is 12.1 Å². The van der Waals surface area contributed by atoms with Gasteiger partial charge in [-0.2, -0.15) is 0 Å². The molecule has 0 radical (unpaired) electrons. The Hall–Kier alpha value is -0.970. The van der Waals surface area contributed by atoms with Crippen LogP contribution < -0.4 is 4.74 Å². The lowest BCUT2D eigenvalue weighted by Crippen LogP contribution is -2.56. The van der Waals surface area contributed by atoms with Gasteiger partial charge in [0.15, 0.2) is 11.5 Å². The first-order valence-electron chi connectivity index (χ1n) is 7.29. The van der Waals surface area contributed by atoms with Gasteiger partial charge in [0, 0.05) is 35.3 Å². The Morgan fingerprint density at radius 1 is 1.29 bits per heavy atom. The number of methoxy groups -OCH3 is 1. The minimum Gasteiger partial charge on any atom is -0.504 e. The predicted molar refractivity (Wildman–Crippen MR) is 86.3 cm³/mol. The average Bonchev–Trinajstić information content (AvgIpc) is 2.37. The van der Waals surface area contributed by atoms with E-state index in [1.165, 1.54) is 26.4 Å². The molecule has 0 aromatic heterocycles. The molecule has 21 heavy (non-hydrogen) atoms. The van der Waals surface area contributed by atoms with Crippen LogP contribution in [0.1, 0.15) is 24.8 Å². The Labute approximate surface area is 132 Å². The lowest BCUT2D eigenvalue weighted by Gasteiger charge is -2.49. The molecule has 2 rings (SSSR count). The highest BCUT2D eigenvalue weighted by Gasteiger charge is 2.39. The lowest BCUT2D eigenvalue weighted by atomic mass is 9.75. The summed E-state index contributed by atoms with van der Waals surface area (Å²) in [5, 5.41) is 10.8. The van der Waals surface area contributed by atoms with Crippen LogP contribution in [0, 0.1) is 0 Å². The van der Waals surface area contributed by atoms with E-state index in [1.807, 2.05) is 0 Å².